The molecular weight excluding hydrogens is 268 g/mol. The van der Waals surface area contributed by atoms with Crippen molar-refractivity contribution in [2.75, 3.05) is 5.73 Å². The minimum absolute atomic E-state index is 0.118. The molecule has 2 heterocycles. The van der Waals surface area contributed by atoms with Crippen LogP contribution in [0.5, 0.6) is 0 Å². The summed E-state index contributed by atoms with van der Waals surface area (Å²) in [6.45, 7) is 0. The number of nitrogens with zero attached hydrogens (tertiary/aromatic N) is 4. The zero-order chi connectivity index (χ0) is 14.8. The molecule has 0 spiro atoms. The molecule has 0 aliphatic carbocycles. The number of primary amides is 1. The molecule has 7 nitrogen and oxygen atoms in total. The molecule has 3 aromatic rings. The van der Waals surface area contributed by atoms with Crippen LogP contribution in [-0.2, 0) is 0 Å². The lowest BCUT2D eigenvalue weighted by molar-refractivity contribution is 0.0994. The van der Waals surface area contributed by atoms with E-state index in [0.717, 1.165) is 5.56 Å². The van der Waals surface area contributed by atoms with Gasteiger partial charge in [-0.25, -0.2) is 4.98 Å². The molecule has 3 rings (SSSR count). The molecule has 4 N–H and O–H groups in total. The highest BCUT2D eigenvalue weighted by Crippen LogP contribution is 2.21. The number of nitrogen functional groups attached to an aromatic ring is 1. The van der Waals surface area contributed by atoms with Gasteiger partial charge in [-0.2, -0.15) is 0 Å². The van der Waals surface area contributed by atoms with Gasteiger partial charge in [-0.05, 0) is 36.4 Å². The number of rotatable bonds is 3. The van der Waals surface area contributed by atoms with Gasteiger partial charge in [0.05, 0.1) is 0 Å². The number of hydrogen-bond acceptors (Lipinski definition) is 5. The highest BCUT2D eigenvalue weighted by molar-refractivity contribution is 5.90. The van der Waals surface area contributed by atoms with Gasteiger partial charge in [0.2, 0.25) is 0 Å². The van der Waals surface area contributed by atoms with Crippen LogP contribution in [0.4, 0.5) is 5.69 Å². The molecule has 0 atom stereocenters. The first-order chi connectivity index (χ1) is 10.1. The Bertz CT molecular complexity index is 776. The minimum Gasteiger partial charge on any atom is -0.399 e. The number of carbonyl (C=O) groups is 1. The van der Waals surface area contributed by atoms with Crippen LogP contribution in [0, 0.1) is 0 Å². The summed E-state index contributed by atoms with van der Waals surface area (Å²) in [5.41, 5.74) is 12.5. The second kappa shape index (κ2) is 5.04. The van der Waals surface area contributed by atoms with E-state index in [1.807, 2.05) is 12.1 Å². The predicted molar refractivity (Wildman–Crippen MR) is 77.5 cm³/mol. The molecule has 0 aliphatic heterocycles. The topological polar surface area (TPSA) is 113 Å². The first-order valence-corrected chi connectivity index (χ1v) is 6.18. The van der Waals surface area contributed by atoms with Crippen molar-refractivity contribution in [2.45, 2.75) is 0 Å². The van der Waals surface area contributed by atoms with Gasteiger partial charge in [0.1, 0.15) is 5.82 Å². The van der Waals surface area contributed by atoms with Crippen LogP contribution in [0.2, 0.25) is 0 Å². The average molecular weight is 280 g/mol. The Morgan fingerprint density at radius 3 is 2.43 bits per heavy atom. The van der Waals surface area contributed by atoms with Gasteiger partial charge in [-0.3, -0.25) is 9.36 Å². The summed E-state index contributed by atoms with van der Waals surface area (Å²) in [5.74, 6) is 0.638. The van der Waals surface area contributed by atoms with Gasteiger partial charge in [0.25, 0.3) is 5.91 Å². The van der Waals surface area contributed by atoms with Crippen molar-refractivity contribution >= 4 is 11.6 Å². The molecule has 1 aromatic carbocycles. The van der Waals surface area contributed by atoms with E-state index in [2.05, 4.69) is 15.2 Å². The van der Waals surface area contributed by atoms with E-state index in [9.17, 15) is 4.79 Å². The Morgan fingerprint density at radius 2 is 1.81 bits per heavy atom. The Hall–Kier alpha value is -3.22. The summed E-state index contributed by atoms with van der Waals surface area (Å²) < 4.78 is 1.77. The summed E-state index contributed by atoms with van der Waals surface area (Å²) in [6.07, 6.45) is 3.43. The number of hydrogen-bond donors (Lipinski definition) is 2. The van der Waals surface area contributed by atoms with E-state index < -0.39 is 5.91 Å². The third-order valence-corrected chi connectivity index (χ3v) is 2.96. The zero-order valence-electron chi connectivity index (χ0n) is 11.0. The van der Waals surface area contributed by atoms with Crippen LogP contribution in [0.15, 0.2) is 48.8 Å². The molecule has 0 bridgehead atoms. The van der Waals surface area contributed by atoms with Crippen molar-refractivity contribution in [1.29, 1.82) is 0 Å². The fourth-order valence-corrected chi connectivity index (χ4v) is 1.92. The molecule has 104 valence electrons. The zero-order valence-corrected chi connectivity index (χ0v) is 11.0. The van der Waals surface area contributed by atoms with Gasteiger partial charge in [-0.15, -0.1) is 10.2 Å². The van der Waals surface area contributed by atoms with Gasteiger partial charge in [0.15, 0.2) is 11.5 Å². The SMILES string of the molecule is NC(=O)c1ccc(-n2ccnc2-c2ccc(N)cc2)nn1. The Kier molecular flexibility index (Phi) is 3.07. The number of benzene rings is 1. The minimum atomic E-state index is -0.613. The molecular formula is C14H12N6O. The summed E-state index contributed by atoms with van der Waals surface area (Å²) in [5, 5.41) is 7.78. The van der Waals surface area contributed by atoms with Crippen molar-refractivity contribution in [2.24, 2.45) is 5.73 Å². The molecule has 2 aromatic heterocycles. The van der Waals surface area contributed by atoms with E-state index in [0.29, 0.717) is 17.3 Å². The standard InChI is InChI=1S/C14H12N6O/c15-10-3-1-9(2-4-10)14-17-7-8-20(14)12-6-5-11(13(16)21)18-19-12/h1-8H,15H2,(H2,16,21). The Balaban J connectivity index is 2.02. The second-order valence-corrected chi connectivity index (χ2v) is 4.38. The highest BCUT2D eigenvalue weighted by atomic mass is 16.1. The van der Waals surface area contributed by atoms with Crippen molar-refractivity contribution in [3.63, 3.8) is 0 Å². The number of aromatic nitrogens is 4. The number of nitrogens with two attached hydrogens (primary N) is 2. The van der Waals surface area contributed by atoms with Crippen LogP contribution >= 0.6 is 0 Å². The first kappa shape index (κ1) is 12.8. The van der Waals surface area contributed by atoms with Crippen molar-refractivity contribution in [3.8, 4) is 17.2 Å². The van der Waals surface area contributed by atoms with E-state index in [4.69, 9.17) is 11.5 Å². The van der Waals surface area contributed by atoms with Gasteiger partial charge >= 0.3 is 0 Å². The number of anilines is 1. The van der Waals surface area contributed by atoms with E-state index in [1.54, 1.807) is 35.2 Å². The van der Waals surface area contributed by atoms with Crippen molar-refractivity contribution < 1.29 is 4.79 Å². The third-order valence-electron chi connectivity index (χ3n) is 2.96. The number of imidazole rings is 1. The van der Waals surface area contributed by atoms with E-state index in [-0.39, 0.29) is 5.69 Å². The second-order valence-electron chi connectivity index (χ2n) is 4.38. The Labute approximate surface area is 120 Å². The maximum Gasteiger partial charge on any atom is 0.269 e. The maximum absolute atomic E-state index is 11.0. The summed E-state index contributed by atoms with van der Waals surface area (Å²) in [6, 6.07) is 10.5. The van der Waals surface area contributed by atoms with Crippen LogP contribution in [0.1, 0.15) is 10.5 Å². The molecule has 0 fully saturated rings. The van der Waals surface area contributed by atoms with Crippen molar-refractivity contribution in [1.82, 2.24) is 19.7 Å². The first-order valence-electron chi connectivity index (χ1n) is 6.18. The highest BCUT2D eigenvalue weighted by Gasteiger charge is 2.10. The lowest BCUT2D eigenvalue weighted by Crippen LogP contribution is -2.14. The van der Waals surface area contributed by atoms with Crippen LogP contribution in [0.3, 0.4) is 0 Å². The maximum atomic E-state index is 11.0. The fraction of sp³-hybridized carbons (Fsp3) is 0. The van der Waals surface area contributed by atoms with E-state index >= 15 is 0 Å². The molecule has 7 heteroatoms. The van der Waals surface area contributed by atoms with Crippen LogP contribution in [0.25, 0.3) is 17.2 Å². The largest absolute Gasteiger partial charge is 0.399 e. The molecule has 0 aliphatic rings. The summed E-state index contributed by atoms with van der Waals surface area (Å²) in [4.78, 5) is 15.3. The average Bonchev–Trinajstić information content (AvgIpc) is 2.97. The van der Waals surface area contributed by atoms with Crippen LogP contribution in [-0.4, -0.2) is 25.7 Å². The smallest absolute Gasteiger partial charge is 0.269 e. The number of amides is 1. The molecule has 0 saturated carbocycles. The molecule has 0 unspecified atom stereocenters. The lowest BCUT2D eigenvalue weighted by Gasteiger charge is -2.07. The third kappa shape index (κ3) is 2.44. The normalized spacial score (nSPS) is 10.5. The molecule has 0 radical (unpaired) electrons. The Morgan fingerprint density at radius 1 is 1.05 bits per heavy atom. The van der Waals surface area contributed by atoms with E-state index in [1.165, 1.54) is 6.07 Å². The summed E-state index contributed by atoms with van der Waals surface area (Å²) in [7, 11) is 0. The van der Waals surface area contributed by atoms with Crippen LogP contribution < -0.4 is 11.5 Å². The lowest BCUT2D eigenvalue weighted by atomic mass is 10.2. The number of carbonyl (C=O) groups excluding carboxylic acids is 1. The molecule has 21 heavy (non-hydrogen) atoms. The monoisotopic (exact) mass is 280 g/mol. The fourth-order valence-electron chi connectivity index (χ4n) is 1.92. The van der Waals surface area contributed by atoms with Gasteiger partial charge in [-0.1, -0.05) is 0 Å². The van der Waals surface area contributed by atoms with Crippen molar-refractivity contribution in [3.05, 3.63) is 54.5 Å². The molecule has 0 saturated heterocycles. The predicted octanol–water partition coefficient (Wildman–Crippen LogP) is 1.01. The quantitative estimate of drug-likeness (QED) is 0.695. The summed E-state index contributed by atoms with van der Waals surface area (Å²) >= 11 is 0. The van der Waals surface area contributed by atoms with Gasteiger partial charge < -0.3 is 11.5 Å². The molecule has 1 amide bonds. The van der Waals surface area contributed by atoms with Gasteiger partial charge in [0, 0.05) is 23.6 Å².